The van der Waals surface area contributed by atoms with E-state index in [1.165, 1.54) is 0 Å². The molecule has 8 heteroatoms. The van der Waals surface area contributed by atoms with E-state index in [1.54, 1.807) is 48.8 Å². The summed E-state index contributed by atoms with van der Waals surface area (Å²) in [6.45, 7) is 0. The molecule has 0 aliphatic heterocycles. The van der Waals surface area contributed by atoms with Crippen LogP contribution in [-0.2, 0) is 4.79 Å². The Morgan fingerprint density at radius 1 is 0.964 bits per heavy atom. The van der Waals surface area contributed by atoms with Crippen LogP contribution in [0, 0.1) is 17.8 Å². The molecule has 4 rings (SSSR count). The molecule has 150 valence electrons. The van der Waals surface area contributed by atoms with E-state index in [0.29, 0.717) is 28.8 Å². The first kappa shape index (κ1) is 22.1. The molecule has 4 unspecified atom stereocenters. The Morgan fingerprint density at radius 3 is 2.36 bits per heavy atom. The van der Waals surface area contributed by atoms with E-state index in [0.717, 1.165) is 19.3 Å². The van der Waals surface area contributed by atoms with Crippen molar-refractivity contribution in [3.63, 3.8) is 0 Å². The van der Waals surface area contributed by atoms with E-state index in [1.807, 2.05) is 0 Å². The van der Waals surface area contributed by atoms with Gasteiger partial charge >= 0.3 is 0 Å². The number of nitrogens with one attached hydrogen (secondary N) is 2. The Balaban J connectivity index is 0.00000140. The number of pyridine rings is 1. The van der Waals surface area contributed by atoms with Gasteiger partial charge in [-0.3, -0.25) is 14.6 Å². The molecule has 2 aliphatic rings. The molecule has 0 radical (unpaired) electrons. The number of hydrogen-bond acceptors (Lipinski definition) is 4. The summed E-state index contributed by atoms with van der Waals surface area (Å²) in [5.41, 5.74) is 8.03. The van der Waals surface area contributed by atoms with Crippen molar-refractivity contribution in [2.75, 3.05) is 10.6 Å². The fraction of sp³-hybridized carbons (Fsp3) is 0.350. The van der Waals surface area contributed by atoms with Gasteiger partial charge in [-0.05, 0) is 61.4 Å². The number of fused-ring (bicyclic) bond motifs is 2. The summed E-state index contributed by atoms with van der Waals surface area (Å²) < 4.78 is 0. The number of nitrogens with zero attached hydrogens (tertiary/aromatic N) is 1. The zero-order chi connectivity index (χ0) is 18.1. The lowest BCUT2D eigenvalue weighted by Gasteiger charge is -2.27. The molecule has 4 N–H and O–H groups in total. The van der Waals surface area contributed by atoms with E-state index >= 15 is 0 Å². The van der Waals surface area contributed by atoms with Crippen LogP contribution in [-0.4, -0.2) is 22.8 Å². The number of carbonyl (C=O) groups is 2. The van der Waals surface area contributed by atoms with Gasteiger partial charge in [-0.2, -0.15) is 0 Å². The Bertz CT molecular complexity index is 832. The number of benzene rings is 1. The van der Waals surface area contributed by atoms with E-state index in [4.69, 9.17) is 5.73 Å². The standard InChI is InChI=1S/C20H22N4O2.2ClH/c21-18-13-5-4-12(10-13)17(18)20(26)24-16-3-1-2-14(11-16)19(25)23-15-6-8-22-9-7-15;;/h1-3,6-9,11-13,17-18H,4-5,10,21H2,(H,24,26)(H,22,23,25);2*1H. The van der Waals surface area contributed by atoms with Crippen LogP contribution in [0.25, 0.3) is 0 Å². The summed E-state index contributed by atoms with van der Waals surface area (Å²) in [5.74, 6) is 0.491. The monoisotopic (exact) mass is 422 g/mol. The molecular formula is C20H24Cl2N4O2. The molecule has 1 heterocycles. The average molecular weight is 423 g/mol. The molecular weight excluding hydrogens is 399 g/mol. The number of aromatic nitrogens is 1. The second kappa shape index (κ2) is 9.37. The molecule has 2 aromatic rings. The van der Waals surface area contributed by atoms with Gasteiger partial charge < -0.3 is 16.4 Å². The van der Waals surface area contributed by atoms with Crippen molar-refractivity contribution in [1.29, 1.82) is 0 Å². The summed E-state index contributed by atoms with van der Waals surface area (Å²) >= 11 is 0. The van der Waals surface area contributed by atoms with Gasteiger partial charge in [0.25, 0.3) is 5.91 Å². The molecule has 2 bridgehead atoms. The van der Waals surface area contributed by atoms with Crippen LogP contribution in [0.1, 0.15) is 29.6 Å². The first-order valence-electron chi connectivity index (χ1n) is 9.00. The second-order valence-electron chi connectivity index (χ2n) is 7.20. The fourth-order valence-electron chi connectivity index (χ4n) is 4.33. The van der Waals surface area contributed by atoms with Crippen LogP contribution in [0.4, 0.5) is 11.4 Å². The molecule has 2 amide bonds. The SMILES string of the molecule is Cl.Cl.NC1C2CCC(C2)C1C(=O)Nc1cccc(C(=O)Nc2ccncc2)c1. The predicted molar refractivity (Wildman–Crippen MR) is 114 cm³/mol. The van der Waals surface area contributed by atoms with E-state index in [9.17, 15) is 9.59 Å². The van der Waals surface area contributed by atoms with Gasteiger partial charge in [0.05, 0.1) is 5.92 Å². The van der Waals surface area contributed by atoms with Crippen molar-refractivity contribution < 1.29 is 9.59 Å². The highest BCUT2D eigenvalue weighted by Crippen LogP contribution is 2.47. The number of anilines is 2. The minimum absolute atomic E-state index is 0. The van der Waals surface area contributed by atoms with Crippen LogP contribution >= 0.6 is 24.8 Å². The van der Waals surface area contributed by atoms with Gasteiger partial charge in [0.2, 0.25) is 5.91 Å². The largest absolute Gasteiger partial charge is 0.327 e. The molecule has 2 fully saturated rings. The van der Waals surface area contributed by atoms with Crippen LogP contribution in [0.15, 0.2) is 48.8 Å². The van der Waals surface area contributed by atoms with Crippen molar-refractivity contribution in [2.45, 2.75) is 25.3 Å². The molecule has 1 aromatic heterocycles. The third-order valence-corrected chi connectivity index (χ3v) is 5.61. The van der Waals surface area contributed by atoms with Gasteiger partial charge in [0.1, 0.15) is 0 Å². The maximum atomic E-state index is 12.7. The third-order valence-electron chi connectivity index (χ3n) is 5.61. The van der Waals surface area contributed by atoms with E-state index in [-0.39, 0.29) is 48.6 Å². The predicted octanol–water partition coefficient (Wildman–Crippen LogP) is 3.49. The molecule has 28 heavy (non-hydrogen) atoms. The molecule has 1 aromatic carbocycles. The molecule has 6 nitrogen and oxygen atoms in total. The van der Waals surface area contributed by atoms with Crippen molar-refractivity contribution in [3.8, 4) is 0 Å². The summed E-state index contributed by atoms with van der Waals surface area (Å²) in [6.07, 6.45) is 6.52. The van der Waals surface area contributed by atoms with Crippen LogP contribution < -0.4 is 16.4 Å². The minimum Gasteiger partial charge on any atom is -0.327 e. The number of amides is 2. The molecule has 2 saturated carbocycles. The summed E-state index contributed by atoms with van der Waals surface area (Å²) in [7, 11) is 0. The Hall–Kier alpha value is -2.15. The van der Waals surface area contributed by atoms with E-state index in [2.05, 4.69) is 15.6 Å². The highest BCUT2D eigenvalue weighted by Gasteiger charge is 2.49. The fourth-order valence-corrected chi connectivity index (χ4v) is 4.33. The van der Waals surface area contributed by atoms with E-state index < -0.39 is 0 Å². The van der Waals surface area contributed by atoms with Gasteiger partial charge in [0.15, 0.2) is 0 Å². The molecule has 0 saturated heterocycles. The van der Waals surface area contributed by atoms with Gasteiger partial charge in [-0.1, -0.05) is 6.07 Å². The van der Waals surface area contributed by atoms with Crippen LogP contribution in [0.3, 0.4) is 0 Å². The number of rotatable bonds is 4. The summed E-state index contributed by atoms with van der Waals surface area (Å²) in [4.78, 5) is 29.0. The number of nitrogens with two attached hydrogens (primary N) is 1. The number of carbonyl (C=O) groups excluding carboxylic acids is 2. The zero-order valence-electron chi connectivity index (χ0n) is 15.2. The van der Waals surface area contributed by atoms with Gasteiger partial charge in [0, 0.05) is 35.4 Å². The normalized spacial score (nSPS) is 24.6. The highest BCUT2D eigenvalue weighted by molar-refractivity contribution is 6.05. The Labute approximate surface area is 176 Å². The first-order chi connectivity index (χ1) is 12.6. The lowest BCUT2D eigenvalue weighted by molar-refractivity contribution is -0.121. The Morgan fingerprint density at radius 2 is 1.68 bits per heavy atom. The van der Waals surface area contributed by atoms with Crippen molar-refractivity contribution in [1.82, 2.24) is 4.98 Å². The second-order valence-corrected chi connectivity index (χ2v) is 7.20. The number of halogens is 2. The summed E-state index contributed by atoms with van der Waals surface area (Å²) in [5, 5.41) is 5.76. The quantitative estimate of drug-likeness (QED) is 0.701. The average Bonchev–Trinajstić information content (AvgIpc) is 3.24. The number of hydrogen-bond donors (Lipinski definition) is 3. The lowest BCUT2D eigenvalue weighted by Crippen LogP contribution is -2.42. The maximum Gasteiger partial charge on any atom is 0.255 e. The van der Waals surface area contributed by atoms with Crippen molar-refractivity contribution in [3.05, 3.63) is 54.4 Å². The lowest BCUT2D eigenvalue weighted by atomic mass is 9.84. The third kappa shape index (κ3) is 4.46. The summed E-state index contributed by atoms with van der Waals surface area (Å²) in [6, 6.07) is 10.4. The van der Waals surface area contributed by atoms with Crippen LogP contribution in [0.2, 0.25) is 0 Å². The van der Waals surface area contributed by atoms with Crippen molar-refractivity contribution in [2.24, 2.45) is 23.5 Å². The van der Waals surface area contributed by atoms with Gasteiger partial charge in [-0.25, -0.2) is 0 Å². The van der Waals surface area contributed by atoms with Crippen molar-refractivity contribution >= 4 is 48.0 Å². The first-order valence-corrected chi connectivity index (χ1v) is 9.00. The highest BCUT2D eigenvalue weighted by atomic mass is 35.5. The topological polar surface area (TPSA) is 97.1 Å². The molecule has 4 atom stereocenters. The maximum absolute atomic E-state index is 12.7. The molecule has 2 aliphatic carbocycles. The van der Waals surface area contributed by atoms with Crippen LogP contribution in [0.5, 0.6) is 0 Å². The smallest absolute Gasteiger partial charge is 0.255 e. The van der Waals surface area contributed by atoms with Gasteiger partial charge in [-0.15, -0.1) is 24.8 Å². The Kier molecular flexibility index (Phi) is 7.41. The zero-order valence-corrected chi connectivity index (χ0v) is 16.8. The molecule has 0 spiro atoms. The minimum atomic E-state index is -0.232.